The predicted octanol–water partition coefficient (Wildman–Crippen LogP) is 1.39. The van der Waals surface area contributed by atoms with E-state index in [-0.39, 0.29) is 30.1 Å². The number of piperazine rings is 1. The third-order valence-corrected chi connectivity index (χ3v) is 6.46. The number of carbonyl (C=O) groups is 1. The molecule has 2 aliphatic heterocycles. The van der Waals surface area contributed by atoms with Crippen LogP contribution in [0.2, 0.25) is 0 Å². The van der Waals surface area contributed by atoms with Gasteiger partial charge in [0.1, 0.15) is 0 Å². The van der Waals surface area contributed by atoms with Crippen LogP contribution in [0.4, 0.5) is 5.69 Å². The van der Waals surface area contributed by atoms with Gasteiger partial charge in [-0.05, 0) is 44.0 Å². The van der Waals surface area contributed by atoms with E-state index in [4.69, 9.17) is 0 Å². The van der Waals surface area contributed by atoms with E-state index in [0.717, 1.165) is 18.7 Å². The fourth-order valence-electron chi connectivity index (χ4n) is 3.27. The van der Waals surface area contributed by atoms with Crippen molar-refractivity contribution in [2.45, 2.75) is 26.3 Å². The van der Waals surface area contributed by atoms with Gasteiger partial charge in [0.15, 0.2) is 0 Å². The van der Waals surface area contributed by atoms with Gasteiger partial charge in [0.05, 0.1) is 11.4 Å². The van der Waals surface area contributed by atoms with Gasteiger partial charge in [0.25, 0.3) is 5.91 Å². The molecule has 0 unspecified atom stereocenters. The van der Waals surface area contributed by atoms with Crippen LogP contribution in [0.5, 0.6) is 0 Å². The highest BCUT2D eigenvalue weighted by molar-refractivity contribution is 7.93. The Morgan fingerprint density at radius 2 is 2.04 bits per heavy atom. The number of rotatable bonds is 2. The van der Waals surface area contributed by atoms with Crippen LogP contribution < -0.4 is 9.62 Å². The zero-order valence-corrected chi connectivity index (χ0v) is 15.6. The molecule has 1 amide bonds. The number of anilines is 1. The molecular weight excluding hydrogens is 350 g/mol. The number of nitrogens with one attached hydrogen (secondary N) is 1. The first-order valence-corrected chi connectivity index (χ1v) is 9.64. The molecule has 1 aromatic rings. The van der Waals surface area contributed by atoms with Gasteiger partial charge >= 0.3 is 0 Å². The van der Waals surface area contributed by atoms with Crippen LogP contribution in [0.25, 0.3) is 0 Å². The van der Waals surface area contributed by atoms with Crippen LogP contribution in [0.15, 0.2) is 18.2 Å². The summed E-state index contributed by atoms with van der Waals surface area (Å²) < 4.78 is 25.5. The summed E-state index contributed by atoms with van der Waals surface area (Å²) in [7, 11) is -3.19. The average Bonchev–Trinajstić information content (AvgIpc) is 2.86. The second-order valence-electron chi connectivity index (χ2n) is 6.29. The second kappa shape index (κ2) is 7.29. The molecule has 0 spiro atoms. The lowest BCUT2D eigenvalue weighted by Crippen LogP contribution is -2.52. The fraction of sp³-hybridized carbons (Fsp3) is 0.562. The molecule has 1 N–H and O–H groups in total. The lowest BCUT2D eigenvalue weighted by molar-refractivity contribution is 0.0655. The van der Waals surface area contributed by atoms with Crippen molar-refractivity contribution in [3.63, 3.8) is 0 Å². The minimum atomic E-state index is -3.19. The van der Waals surface area contributed by atoms with Crippen LogP contribution >= 0.6 is 12.4 Å². The molecule has 134 valence electrons. The van der Waals surface area contributed by atoms with Crippen molar-refractivity contribution >= 4 is 34.0 Å². The summed E-state index contributed by atoms with van der Waals surface area (Å²) in [6, 6.07) is 5.48. The molecular formula is C16H24ClN3O3S. The first-order chi connectivity index (χ1) is 10.9. The highest BCUT2D eigenvalue weighted by atomic mass is 35.5. The van der Waals surface area contributed by atoms with E-state index in [9.17, 15) is 13.2 Å². The summed E-state index contributed by atoms with van der Waals surface area (Å²) in [4.78, 5) is 14.6. The second-order valence-corrected chi connectivity index (χ2v) is 8.31. The zero-order chi connectivity index (χ0) is 16.6. The van der Waals surface area contributed by atoms with Gasteiger partial charge in [0, 0.05) is 37.8 Å². The molecule has 3 rings (SSSR count). The van der Waals surface area contributed by atoms with Crippen molar-refractivity contribution in [2.24, 2.45) is 0 Å². The number of benzene rings is 1. The number of sulfonamides is 1. The number of amides is 1. The van der Waals surface area contributed by atoms with Crippen LogP contribution in [-0.4, -0.2) is 57.2 Å². The molecule has 0 radical (unpaired) electrons. The maximum absolute atomic E-state index is 12.8. The lowest BCUT2D eigenvalue weighted by atomic mass is 10.0. The number of halogens is 1. The molecule has 2 fully saturated rings. The monoisotopic (exact) mass is 373 g/mol. The summed E-state index contributed by atoms with van der Waals surface area (Å²) >= 11 is 0. The molecule has 1 atom stereocenters. The average molecular weight is 374 g/mol. The number of aryl methyl sites for hydroxylation is 1. The Labute approximate surface area is 149 Å². The smallest absolute Gasteiger partial charge is 0.254 e. The third-order valence-electron chi connectivity index (χ3n) is 4.59. The SMILES string of the molecule is Cc1cc(N2CCCS2(=O)=O)ccc1C(=O)N1CCNC[C@H]1C.Cl. The van der Waals surface area contributed by atoms with Crippen LogP contribution in [0.3, 0.4) is 0 Å². The van der Waals surface area contributed by atoms with E-state index in [1.54, 1.807) is 12.1 Å². The maximum atomic E-state index is 12.8. The Bertz CT molecular complexity index is 723. The van der Waals surface area contributed by atoms with Crippen molar-refractivity contribution in [3.8, 4) is 0 Å². The Balaban J connectivity index is 0.00000208. The number of hydrogen-bond acceptors (Lipinski definition) is 4. The Morgan fingerprint density at radius 1 is 1.29 bits per heavy atom. The van der Waals surface area contributed by atoms with Crippen molar-refractivity contribution < 1.29 is 13.2 Å². The lowest BCUT2D eigenvalue weighted by Gasteiger charge is -2.34. The quantitative estimate of drug-likeness (QED) is 0.850. The molecule has 0 saturated carbocycles. The molecule has 2 aliphatic rings. The Hall–Kier alpha value is -1.31. The van der Waals surface area contributed by atoms with Crippen molar-refractivity contribution in [2.75, 3.05) is 36.2 Å². The minimum Gasteiger partial charge on any atom is -0.333 e. The number of hydrogen-bond donors (Lipinski definition) is 1. The van der Waals surface area contributed by atoms with E-state index in [2.05, 4.69) is 5.32 Å². The summed E-state index contributed by atoms with van der Waals surface area (Å²) in [6.07, 6.45) is 0.653. The van der Waals surface area contributed by atoms with Gasteiger partial charge in [-0.15, -0.1) is 12.4 Å². The highest BCUT2D eigenvalue weighted by Gasteiger charge is 2.30. The molecule has 6 nitrogen and oxygen atoms in total. The standard InChI is InChI=1S/C16H23N3O3S.ClH/c1-12-10-14(19-7-3-9-23(19,21)22)4-5-15(12)16(20)18-8-6-17-11-13(18)2;/h4-5,10,13,17H,3,6-9,11H2,1-2H3;1H/t13-;/m1./s1. The van der Waals surface area contributed by atoms with Crippen molar-refractivity contribution in [1.29, 1.82) is 0 Å². The van der Waals surface area contributed by atoms with Gasteiger partial charge in [-0.3, -0.25) is 9.10 Å². The molecule has 1 aromatic carbocycles. The normalized spacial score (nSPS) is 23.0. The largest absolute Gasteiger partial charge is 0.333 e. The van der Waals surface area contributed by atoms with E-state index in [0.29, 0.717) is 30.8 Å². The Kier molecular flexibility index (Phi) is 5.78. The molecule has 0 aliphatic carbocycles. The molecule has 0 aromatic heterocycles. The number of carbonyl (C=O) groups excluding carboxylic acids is 1. The van der Waals surface area contributed by atoms with E-state index < -0.39 is 10.0 Å². The van der Waals surface area contributed by atoms with E-state index in [1.807, 2.05) is 24.8 Å². The van der Waals surface area contributed by atoms with Crippen LogP contribution in [0, 0.1) is 6.92 Å². The summed E-state index contributed by atoms with van der Waals surface area (Å²) in [5.74, 6) is 0.220. The van der Waals surface area contributed by atoms with E-state index >= 15 is 0 Å². The molecule has 2 saturated heterocycles. The molecule has 8 heteroatoms. The van der Waals surface area contributed by atoms with Crippen LogP contribution in [0.1, 0.15) is 29.3 Å². The highest BCUT2D eigenvalue weighted by Crippen LogP contribution is 2.27. The number of nitrogens with zero attached hydrogens (tertiary/aromatic N) is 2. The molecule has 0 bridgehead atoms. The molecule has 2 heterocycles. The van der Waals surface area contributed by atoms with Gasteiger partial charge in [-0.25, -0.2) is 8.42 Å². The first-order valence-electron chi connectivity index (χ1n) is 8.03. The first kappa shape index (κ1) is 19.0. The van der Waals surface area contributed by atoms with Crippen molar-refractivity contribution in [3.05, 3.63) is 29.3 Å². The van der Waals surface area contributed by atoms with Crippen molar-refractivity contribution in [1.82, 2.24) is 10.2 Å². The van der Waals surface area contributed by atoms with Gasteiger partial charge in [-0.1, -0.05) is 0 Å². The third kappa shape index (κ3) is 3.53. The van der Waals surface area contributed by atoms with Gasteiger partial charge in [-0.2, -0.15) is 0 Å². The topological polar surface area (TPSA) is 69.7 Å². The Morgan fingerprint density at radius 3 is 2.62 bits per heavy atom. The fourth-order valence-corrected chi connectivity index (χ4v) is 4.83. The molecule has 24 heavy (non-hydrogen) atoms. The zero-order valence-electron chi connectivity index (χ0n) is 14.0. The summed E-state index contributed by atoms with van der Waals surface area (Å²) in [5.41, 5.74) is 2.13. The van der Waals surface area contributed by atoms with Gasteiger partial charge in [0.2, 0.25) is 10.0 Å². The minimum absolute atomic E-state index is 0. The summed E-state index contributed by atoms with van der Waals surface area (Å²) in [5, 5.41) is 3.27. The summed E-state index contributed by atoms with van der Waals surface area (Å²) in [6.45, 7) is 6.72. The predicted molar refractivity (Wildman–Crippen MR) is 97.5 cm³/mol. The van der Waals surface area contributed by atoms with E-state index in [1.165, 1.54) is 4.31 Å². The van der Waals surface area contributed by atoms with Crippen LogP contribution in [-0.2, 0) is 10.0 Å². The van der Waals surface area contributed by atoms with Gasteiger partial charge < -0.3 is 10.2 Å². The maximum Gasteiger partial charge on any atom is 0.254 e.